The van der Waals surface area contributed by atoms with Gasteiger partial charge >= 0.3 is 0 Å². The zero-order valence-electron chi connectivity index (χ0n) is 20.7. The van der Waals surface area contributed by atoms with Gasteiger partial charge in [-0.15, -0.1) is 0 Å². The lowest BCUT2D eigenvalue weighted by molar-refractivity contribution is 0.182. The molecule has 0 radical (unpaired) electrons. The van der Waals surface area contributed by atoms with Crippen LogP contribution in [-0.2, 0) is 6.54 Å². The first-order valence-electron chi connectivity index (χ1n) is 12.7. The van der Waals surface area contributed by atoms with Gasteiger partial charge in [0.15, 0.2) is 11.5 Å². The van der Waals surface area contributed by atoms with Crippen LogP contribution in [0.4, 0.5) is 11.4 Å². The van der Waals surface area contributed by atoms with E-state index >= 15 is 0 Å². The smallest absolute Gasteiger partial charge is 0.205 e. The van der Waals surface area contributed by atoms with Crippen LogP contribution in [0, 0.1) is 0 Å². The van der Waals surface area contributed by atoms with Crippen LogP contribution in [0.3, 0.4) is 0 Å². The normalized spacial score (nSPS) is 18.5. The highest BCUT2D eigenvalue weighted by Crippen LogP contribution is 2.48. The Bertz CT molecular complexity index is 1090. The highest BCUT2D eigenvalue weighted by Gasteiger charge is 2.29. The van der Waals surface area contributed by atoms with Gasteiger partial charge in [-0.3, -0.25) is 4.98 Å². The van der Waals surface area contributed by atoms with Crippen LogP contribution >= 0.6 is 0 Å². The molecule has 1 aliphatic carbocycles. The number of ether oxygens (including phenoxy) is 3. The quantitative estimate of drug-likeness (QED) is 0.390. The molecule has 0 N–H and O–H groups in total. The number of likely N-dealkylation sites (tertiary alicyclic amines) is 1. The van der Waals surface area contributed by atoms with Gasteiger partial charge in [-0.1, -0.05) is 24.3 Å². The molecular weight excluding hydrogens is 438 g/mol. The predicted molar refractivity (Wildman–Crippen MR) is 139 cm³/mol. The molecule has 2 aromatic carbocycles. The molecule has 1 saturated heterocycles. The summed E-state index contributed by atoms with van der Waals surface area (Å²) >= 11 is 0. The van der Waals surface area contributed by atoms with Gasteiger partial charge in [0, 0.05) is 37.7 Å². The Morgan fingerprint density at radius 1 is 0.914 bits per heavy atom. The van der Waals surface area contributed by atoms with Crippen molar-refractivity contribution in [3.63, 3.8) is 0 Å². The highest BCUT2D eigenvalue weighted by atomic mass is 16.5. The Hall–Kier alpha value is -3.25. The van der Waals surface area contributed by atoms with E-state index in [2.05, 4.69) is 58.2 Å². The van der Waals surface area contributed by atoms with E-state index in [1.165, 1.54) is 12.8 Å². The number of para-hydroxylation sites is 1. The maximum absolute atomic E-state index is 6.72. The molecule has 1 atom stereocenters. The van der Waals surface area contributed by atoms with Gasteiger partial charge < -0.3 is 24.0 Å². The predicted octanol–water partition coefficient (Wildman–Crippen LogP) is 5.83. The van der Waals surface area contributed by atoms with E-state index in [4.69, 9.17) is 14.2 Å². The molecule has 3 aromatic rings. The van der Waals surface area contributed by atoms with Gasteiger partial charge in [0.05, 0.1) is 18.9 Å². The summed E-state index contributed by atoms with van der Waals surface area (Å²) in [5.41, 5.74) is 3.18. The molecule has 1 saturated carbocycles. The summed E-state index contributed by atoms with van der Waals surface area (Å²) in [6.45, 7) is 2.62. The number of rotatable bonds is 9. The molecule has 1 aliphatic heterocycles. The van der Waals surface area contributed by atoms with E-state index in [-0.39, 0.29) is 12.2 Å². The van der Waals surface area contributed by atoms with Gasteiger partial charge in [0.2, 0.25) is 5.75 Å². The summed E-state index contributed by atoms with van der Waals surface area (Å²) in [5.74, 6) is 2.19. The number of nitrogens with zero attached hydrogens (tertiary/aromatic N) is 3. The third-order valence-electron chi connectivity index (χ3n) is 6.91. The van der Waals surface area contributed by atoms with Crippen molar-refractivity contribution in [3.05, 3.63) is 72.6 Å². The van der Waals surface area contributed by atoms with Crippen LogP contribution in [0.5, 0.6) is 17.2 Å². The number of anilines is 2. The zero-order valence-corrected chi connectivity index (χ0v) is 20.7. The summed E-state index contributed by atoms with van der Waals surface area (Å²) in [5, 5.41) is 0. The largest absolute Gasteiger partial charge is 0.490 e. The average molecular weight is 474 g/mol. The minimum absolute atomic E-state index is 0.153. The second-order valence-corrected chi connectivity index (χ2v) is 9.54. The number of pyridine rings is 1. The fraction of sp³-hybridized carbons (Fsp3) is 0.414. The van der Waals surface area contributed by atoms with Crippen LogP contribution in [0.1, 0.15) is 37.7 Å². The molecule has 184 valence electrons. The monoisotopic (exact) mass is 473 g/mol. The van der Waals surface area contributed by atoms with Crippen molar-refractivity contribution in [2.75, 3.05) is 32.1 Å². The molecule has 5 rings (SSSR count). The summed E-state index contributed by atoms with van der Waals surface area (Å²) in [6, 6.07) is 18.6. The first-order valence-corrected chi connectivity index (χ1v) is 12.7. The number of hydrogen-bond donors (Lipinski definition) is 0. The van der Waals surface area contributed by atoms with E-state index in [0.717, 1.165) is 60.8 Å². The zero-order chi connectivity index (χ0) is 24.0. The fourth-order valence-electron chi connectivity index (χ4n) is 5.09. The topological polar surface area (TPSA) is 47.1 Å². The lowest BCUT2D eigenvalue weighted by atomic mass is 10.1. The Labute approximate surface area is 208 Å². The van der Waals surface area contributed by atoms with Gasteiger partial charge in [0.25, 0.3) is 0 Å². The first kappa shape index (κ1) is 23.5. The minimum atomic E-state index is 0.153. The Morgan fingerprint density at radius 2 is 1.74 bits per heavy atom. The van der Waals surface area contributed by atoms with Crippen molar-refractivity contribution in [3.8, 4) is 17.2 Å². The maximum Gasteiger partial charge on any atom is 0.205 e. The molecule has 0 amide bonds. The molecule has 35 heavy (non-hydrogen) atoms. The number of benzene rings is 2. The Kier molecular flexibility index (Phi) is 7.38. The number of hydrogen-bond acceptors (Lipinski definition) is 6. The molecule has 0 spiro atoms. The average Bonchev–Trinajstić information content (AvgIpc) is 3.56. The van der Waals surface area contributed by atoms with E-state index in [1.54, 1.807) is 13.3 Å². The Morgan fingerprint density at radius 3 is 2.43 bits per heavy atom. The second kappa shape index (κ2) is 11.0. The number of methoxy groups -OCH3 is 1. The first-order chi connectivity index (χ1) is 17.2. The van der Waals surface area contributed by atoms with Crippen molar-refractivity contribution in [1.82, 2.24) is 9.88 Å². The molecule has 1 unspecified atom stereocenters. The summed E-state index contributed by atoms with van der Waals surface area (Å²) in [7, 11) is 3.84. The number of aromatic nitrogens is 1. The van der Waals surface area contributed by atoms with Crippen molar-refractivity contribution in [1.29, 1.82) is 0 Å². The molecule has 6 heteroatoms. The molecule has 2 heterocycles. The van der Waals surface area contributed by atoms with Crippen molar-refractivity contribution in [2.45, 2.75) is 50.9 Å². The number of likely N-dealkylation sites (N-methyl/N-ethyl adjacent to an activating group) is 1. The molecule has 2 fully saturated rings. The van der Waals surface area contributed by atoms with Crippen LogP contribution in [-0.4, -0.2) is 49.3 Å². The van der Waals surface area contributed by atoms with Crippen LogP contribution in [0.25, 0.3) is 0 Å². The summed E-state index contributed by atoms with van der Waals surface area (Å²) in [4.78, 5) is 8.91. The van der Waals surface area contributed by atoms with E-state index in [0.29, 0.717) is 12.3 Å². The van der Waals surface area contributed by atoms with Crippen LogP contribution in [0.2, 0.25) is 0 Å². The second-order valence-electron chi connectivity index (χ2n) is 9.54. The fourth-order valence-corrected chi connectivity index (χ4v) is 5.09. The van der Waals surface area contributed by atoms with Crippen LogP contribution in [0.15, 0.2) is 67.0 Å². The van der Waals surface area contributed by atoms with E-state index in [9.17, 15) is 0 Å². The summed E-state index contributed by atoms with van der Waals surface area (Å²) in [6.07, 6.45) is 9.60. The Balaban J connectivity index is 1.57. The molecule has 6 nitrogen and oxygen atoms in total. The van der Waals surface area contributed by atoms with Gasteiger partial charge in [0.1, 0.15) is 6.10 Å². The minimum Gasteiger partial charge on any atom is -0.490 e. The van der Waals surface area contributed by atoms with Crippen molar-refractivity contribution < 1.29 is 14.2 Å². The SMILES string of the molecule is COc1c(OC2CCN(C)C2)ccc(N(Cc2cccnc2)c2ccccc2)c1OC1CCCC1. The van der Waals surface area contributed by atoms with Crippen molar-refractivity contribution in [2.24, 2.45) is 0 Å². The highest BCUT2D eigenvalue weighted by molar-refractivity contribution is 5.75. The third-order valence-corrected chi connectivity index (χ3v) is 6.91. The molecular formula is C29H35N3O3. The summed E-state index contributed by atoms with van der Waals surface area (Å²) < 4.78 is 19.2. The molecule has 2 aliphatic rings. The van der Waals surface area contributed by atoms with Gasteiger partial charge in [-0.25, -0.2) is 0 Å². The van der Waals surface area contributed by atoms with Crippen LogP contribution < -0.4 is 19.1 Å². The standard InChI is InChI=1S/C29H35N3O3/c1-31-18-16-25(21-31)34-27-15-14-26(28(29(27)33-2)35-24-12-6-7-13-24)32(23-10-4-3-5-11-23)20-22-9-8-17-30-19-22/h3-5,8-11,14-15,17,19,24-25H,6-7,12-13,16,18,20-21H2,1-2H3. The van der Waals surface area contributed by atoms with E-state index in [1.807, 2.05) is 24.4 Å². The molecule has 1 aromatic heterocycles. The maximum atomic E-state index is 6.72. The lowest BCUT2D eigenvalue weighted by Gasteiger charge is -2.30. The molecule has 0 bridgehead atoms. The lowest BCUT2D eigenvalue weighted by Crippen LogP contribution is -2.23. The third kappa shape index (κ3) is 5.54. The van der Waals surface area contributed by atoms with Crippen molar-refractivity contribution >= 4 is 11.4 Å². The van der Waals surface area contributed by atoms with Gasteiger partial charge in [-0.2, -0.15) is 0 Å². The van der Waals surface area contributed by atoms with Gasteiger partial charge in [-0.05, 0) is 75.0 Å². The van der Waals surface area contributed by atoms with E-state index < -0.39 is 0 Å².